The number of carbonyl (C=O) groups is 1. The molecule has 0 aliphatic heterocycles. The summed E-state index contributed by atoms with van der Waals surface area (Å²) in [6.07, 6.45) is 6.63. The lowest BCUT2D eigenvalue weighted by Gasteiger charge is -2.59. The standard InChI is InChI=1S/C29H36N2O4/c1-16-10-20-22-11-17(2)29(35,26(33)34)28(22,4)14-24(32)25(20)27(3)13-18(15-30)23(12-21(16)27)31-19-8-6-5-7-9-19/h5-10,12,15,17,20,22,24-25,30-32,35H,11,13-14H2,1-4H3,(H,33,34)/p+1/t17-,20+,22?,24+,25?,27+,28+,29+/m1/s1. The van der Waals surface area contributed by atoms with E-state index in [9.17, 15) is 20.1 Å². The van der Waals surface area contributed by atoms with Gasteiger partial charge in [0.05, 0.1) is 6.10 Å². The minimum Gasteiger partial charge on any atom is -0.479 e. The number of carboxylic acids is 1. The number of aliphatic carboxylic acids is 1. The van der Waals surface area contributed by atoms with Crippen LogP contribution in [0.4, 0.5) is 5.69 Å². The minimum atomic E-state index is -1.85. The van der Waals surface area contributed by atoms with Gasteiger partial charge in [-0.2, -0.15) is 0 Å². The van der Waals surface area contributed by atoms with E-state index in [1.165, 1.54) is 11.8 Å². The molecule has 6 heteroatoms. The van der Waals surface area contributed by atoms with Crippen LogP contribution in [0.2, 0.25) is 0 Å². The lowest BCUT2D eigenvalue weighted by Crippen LogP contribution is -2.76. The zero-order valence-corrected chi connectivity index (χ0v) is 21.0. The number of nitrogens with one attached hydrogen (secondary N) is 1. The Morgan fingerprint density at radius 1 is 1.23 bits per heavy atom. The van der Waals surface area contributed by atoms with E-state index in [-0.39, 0.29) is 29.6 Å². The summed E-state index contributed by atoms with van der Waals surface area (Å²) >= 11 is 0. The first-order chi connectivity index (χ1) is 16.5. The van der Waals surface area contributed by atoms with Crippen molar-refractivity contribution in [2.75, 3.05) is 0 Å². The number of fused-ring (bicyclic) bond motifs is 5. The number of aliphatic hydroxyl groups excluding tert-OH is 1. The van der Waals surface area contributed by atoms with Crippen LogP contribution in [0.1, 0.15) is 47.0 Å². The third kappa shape index (κ3) is 3.19. The van der Waals surface area contributed by atoms with Crippen molar-refractivity contribution in [3.05, 3.63) is 64.9 Å². The highest BCUT2D eigenvalue weighted by molar-refractivity contribution is 5.80. The molecule has 0 aromatic heterocycles. The SMILES string of the molecule is CC1=C[C@@H]2C([C@@H](O)C[C@@]3(C)C2C[C@@H](C)[C@]3(O)C(=O)O)[C@@]2(C)CC(C=N)=C([NH2+]c3ccccc3)C=C12. The Kier molecular flexibility index (Phi) is 5.51. The summed E-state index contributed by atoms with van der Waals surface area (Å²) in [5, 5.41) is 43.4. The third-order valence-corrected chi connectivity index (χ3v) is 10.0. The number of hydrogen-bond acceptors (Lipinski definition) is 4. The van der Waals surface area contributed by atoms with Gasteiger partial charge in [-0.1, -0.05) is 50.6 Å². The molecule has 1 aromatic rings. The van der Waals surface area contributed by atoms with Crippen LogP contribution in [-0.2, 0) is 4.79 Å². The molecule has 0 spiro atoms. The summed E-state index contributed by atoms with van der Waals surface area (Å²) in [5.74, 6) is -1.75. The molecule has 6 N–H and O–H groups in total. The number of hydrogen-bond donors (Lipinski definition) is 5. The Labute approximate surface area is 207 Å². The van der Waals surface area contributed by atoms with Gasteiger partial charge in [0.25, 0.3) is 0 Å². The molecule has 2 fully saturated rings. The van der Waals surface area contributed by atoms with Crippen molar-refractivity contribution >= 4 is 17.9 Å². The first-order valence-electron chi connectivity index (χ1n) is 12.7. The number of para-hydroxylation sites is 1. The van der Waals surface area contributed by atoms with Gasteiger partial charge in [0, 0.05) is 34.6 Å². The number of nitrogens with two attached hydrogens (primary N) is 1. The van der Waals surface area contributed by atoms with Gasteiger partial charge in [-0.3, -0.25) is 5.32 Å². The zero-order chi connectivity index (χ0) is 25.3. The number of carboxylic acid groups (broad SMARTS) is 1. The molecule has 0 radical (unpaired) electrons. The molecule has 0 amide bonds. The second kappa shape index (κ2) is 7.99. The van der Waals surface area contributed by atoms with E-state index in [1.807, 2.05) is 32.0 Å². The first kappa shape index (κ1) is 24.2. The fourth-order valence-corrected chi connectivity index (χ4v) is 8.38. The average Bonchev–Trinajstić information content (AvgIpc) is 3.01. The summed E-state index contributed by atoms with van der Waals surface area (Å²) in [4.78, 5) is 12.3. The van der Waals surface area contributed by atoms with Crippen molar-refractivity contribution in [1.82, 2.24) is 0 Å². The Hall–Kier alpha value is -2.54. The number of benzene rings is 1. The summed E-state index contributed by atoms with van der Waals surface area (Å²) in [6.45, 7) is 8.00. The van der Waals surface area contributed by atoms with Crippen molar-refractivity contribution in [3.63, 3.8) is 0 Å². The molecule has 2 saturated carbocycles. The van der Waals surface area contributed by atoms with Gasteiger partial charge in [0.2, 0.25) is 0 Å². The highest BCUT2D eigenvalue weighted by Crippen LogP contribution is 2.68. The fourth-order valence-electron chi connectivity index (χ4n) is 8.38. The van der Waals surface area contributed by atoms with Crippen molar-refractivity contribution in [3.8, 4) is 0 Å². The molecule has 6 nitrogen and oxygen atoms in total. The van der Waals surface area contributed by atoms with E-state index < -0.39 is 29.0 Å². The molecule has 2 unspecified atom stereocenters. The second-order valence-electron chi connectivity index (χ2n) is 11.8. The molecule has 0 bridgehead atoms. The molecule has 35 heavy (non-hydrogen) atoms. The smallest absolute Gasteiger partial charge is 0.336 e. The van der Waals surface area contributed by atoms with E-state index in [0.29, 0.717) is 12.8 Å². The highest BCUT2D eigenvalue weighted by Gasteiger charge is 2.71. The predicted molar refractivity (Wildman–Crippen MR) is 134 cm³/mol. The van der Waals surface area contributed by atoms with Crippen molar-refractivity contribution in [2.45, 2.75) is 58.7 Å². The topological polar surface area (TPSA) is 118 Å². The second-order valence-corrected chi connectivity index (χ2v) is 11.8. The van der Waals surface area contributed by atoms with Crippen LogP contribution < -0.4 is 5.32 Å². The Balaban J connectivity index is 1.59. The fraction of sp³-hybridized carbons (Fsp3) is 0.517. The number of quaternary nitrogens is 1. The molecular formula is C29H37N2O4+. The van der Waals surface area contributed by atoms with Crippen LogP contribution >= 0.6 is 0 Å². The van der Waals surface area contributed by atoms with Crippen LogP contribution in [0.5, 0.6) is 0 Å². The molecule has 4 aliphatic rings. The molecule has 4 aliphatic carbocycles. The zero-order valence-electron chi connectivity index (χ0n) is 21.0. The molecule has 1 aromatic carbocycles. The van der Waals surface area contributed by atoms with Gasteiger partial charge in [0.15, 0.2) is 5.60 Å². The van der Waals surface area contributed by atoms with E-state index in [1.54, 1.807) is 0 Å². The van der Waals surface area contributed by atoms with Gasteiger partial charge < -0.3 is 20.7 Å². The summed E-state index contributed by atoms with van der Waals surface area (Å²) < 4.78 is 0. The maximum Gasteiger partial charge on any atom is 0.336 e. The Morgan fingerprint density at radius 2 is 1.91 bits per heavy atom. The van der Waals surface area contributed by atoms with Crippen LogP contribution in [0.15, 0.2) is 64.9 Å². The average molecular weight is 478 g/mol. The predicted octanol–water partition coefficient (Wildman–Crippen LogP) is 3.56. The van der Waals surface area contributed by atoms with Crippen molar-refractivity contribution < 1.29 is 25.4 Å². The van der Waals surface area contributed by atoms with Gasteiger partial charge >= 0.3 is 5.97 Å². The van der Waals surface area contributed by atoms with Crippen LogP contribution in [0.25, 0.3) is 0 Å². The summed E-state index contributed by atoms with van der Waals surface area (Å²) in [5.41, 5.74) is 2.24. The van der Waals surface area contributed by atoms with E-state index in [0.717, 1.165) is 22.5 Å². The number of aliphatic hydroxyl groups is 2. The number of rotatable bonds is 4. The van der Waals surface area contributed by atoms with E-state index in [4.69, 9.17) is 5.41 Å². The highest BCUT2D eigenvalue weighted by atomic mass is 16.4. The van der Waals surface area contributed by atoms with Crippen molar-refractivity contribution in [2.24, 2.45) is 34.5 Å². The molecule has 5 rings (SSSR count). The van der Waals surface area contributed by atoms with Crippen LogP contribution in [0.3, 0.4) is 0 Å². The normalized spacial score (nSPS) is 42.4. The van der Waals surface area contributed by atoms with Gasteiger partial charge in [0.1, 0.15) is 11.4 Å². The molecule has 0 saturated heterocycles. The molecular weight excluding hydrogens is 440 g/mol. The largest absolute Gasteiger partial charge is 0.479 e. The quantitative estimate of drug-likeness (QED) is 0.337. The molecule has 8 atom stereocenters. The summed E-state index contributed by atoms with van der Waals surface area (Å²) in [6, 6.07) is 10.1. The maximum absolute atomic E-state index is 12.3. The van der Waals surface area contributed by atoms with Gasteiger partial charge in [-0.15, -0.1) is 0 Å². The van der Waals surface area contributed by atoms with Crippen molar-refractivity contribution in [1.29, 1.82) is 5.41 Å². The van der Waals surface area contributed by atoms with Gasteiger partial charge in [-0.25, -0.2) is 4.79 Å². The van der Waals surface area contributed by atoms with Crippen LogP contribution in [-0.4, -0.2) is 39.2 Å². The van der Waals surface area contributed by atoms with E-state index in [2.05, 4.69) is 43.4 Å². The Morgan fingerprint density at radius 3 is 2.54 bits per heavy atom. The minimum absolute atomic E-state index is 0.0339. The van der Waals surface area contributed by atoms with Gasteiger partial charge in [-0.05, 0) is 61.6 Å². The maximum atomic E-state index is 12.3. The van der Waals surface area contributed by atoms with E-state index >= 15 is 0 Å². The first-order valence-corrected chi connectivity index (χ1v) is 12.7. The Bertz CT molecular complexity index is 1170. The lowest BCUT2D eigenvalue weighted by atomic mass is 9.46. The van der Waals surface area contributed by atoms with Crippen LogP contribution in [0, 0.1) is 39.9 Å². The monoisotopic (exact) mass is 477 g/mol. The lowest BCUT2D eigenvalue weighted by molar-refractivity contribution is -0.513. The molecule has 0 heterocycles. The number of allylic oxidation sites excluding steroid dienone is 5. The summed E-state index contributed by atoms with van der Waals surface area (Å²) in [7, 11) is 0. The molecule has 186 valence electrons. The third-order valence-electron chi connectivity index (χ3n) is 10.0.